The average Bonchev–Trinajstić information content (AvgIpc) is 0.918. The smallest absolute Gasteiger partial charge is 0.316 e. The zero-order valence-corrected chi connectivity index (χ0v) is 6.05. The van der Waals surface area contributed by atoms with Crippen LogP contribution in [0, 0.1) is 0 Å². The second kappa shape index (κ2) is 8.97. The number of hydrogen-bond acceptors (Lipinski definition) is 0. The molecular formula is H4AuFeMgSi. The van der Waals surface area contributed by atoms with Crippen LogP contribution in [-0.2, 0) is 35.7 Å². The van der Waals surface area contributed by atoms with E-state index >= 15 is 0 Å². The van der Waals surface area contributed by atoms with E-state index in [2.05, 4.69) is 35.7 Å². The van der Waals surface area contributed by atoms with E-state index < -0.39 is 0 Å². The first-order valence-corrected chi connectivity index (χ1v) is 8.33. The Morgan fingerprint density at radius 3 is 1.75 bits per heavy atom. The molecule has 0 aliphatic carbocycles. The molecule has 0 atom stereocenters. The van der Waals surface area contributed by atoms with Crippen molar-refractivity contribution in [3.05, 3.63) is 0 Å². The third-order valence-corrected chi connectivity index (χ3v) is 0. The second-order valence-electron chi connectivity index (χ2n) is 0.0754. The molecule has 0 amide bonds. The molecule has 29 valence electrons. The molecule has 0 saturated heterocycles. The van der Waals surface area contributed by atoms with Crippen LogP contribution in [0.5, 0.6) is 0 Å². The quantitative estimate of drug-likeness (QED) is 0.462. The molecule has 0 rings (SSSR count). The topological polar surface area (TPSA) is 0 Å². The monoisotopic (exact) mass is 309 g/mol. The van der Waals surface area contributed by atoms with Crippen LogP contribution in [0.1, 0.15) is 0 Å². The molecule has 0 N–H and O–H groups in total. The summed E-state index contributed by atoms with van der Waals surface area (Å²) < 4.78 is 0. The summed E-state index contributed by atoms with van der Waals surface area (Å²) in [5, 5.41) is 0. The maximum Gasteiger partial charge on any atom is 0.316 e. The van der Waals surface area contributed by atoms with E-state index in [1.807, 2.05) is 0 Å². The Bertz CT molecular complexity index is 8.00. The third-order valence-electron chi connectivity index (χ3n) is 0. The standard InChI is InChI=1S/Au.Fe.Mg.H2Si.2H/h;;;1H2;;. The zero-order valence-electron chi connectivity index (χ0n) is 1.36. The Labute approximate surface area is 63.8 Å². The van der Waals surface area contributed by atoms with Gasteiger partial charge in [-0.2, -0.15) is 0 Å². The largest absolute Gasteiger partial charge is 0.316 e. The summed E-state index contributed by atoms with van der Waals surface area (Å²) >= 11 is 6.06. The van der Waals surface area contributed by atoms with Gasteiger partial charge in [-0.3, -0.25) is 0 Å². The molecule has 4 heteroatoms. The van der Waals surface area contributed by atoms with Crippen LogP contribution in [-0.4, -0.2) is 28.9 Å². The Kier molecular flexibility index (Phi) is 21.4. The van der Waals surface area contributed by atoms with E-state index in [0.29, 0.717) is 0 Å². The number of hydrogen-bond donors (Lipinski definition) is 0. The molecule has 0 aromatic heterocycles. The fourth-order valence-electron chi connectivity index (χ4n) is 0. The number of rotatable bonds is 0. The first-order chi connectivity index (χ1) is 1.41. The van der Waals surface area contributed by atoms with Crippen LogP contribution in [0.15, 0.2) is 0 Å². The van der Waals surface area contributed by atoms with Gasteiger partial charge in [-0.1, -0.05) is 0 Å². The fourth-order valence-corrected chi connectivity index (χ4v) is 0. The molecule has 0 aromatic carbocycles. The summed E-state index contributed by atoms with van der Waals surface area (Å²) in [6, 6.07) is 0. The van der Waals surface area contributed by atoms with Crippen molar-refractivity contribution in [1.82, 2.24) is 0 Å². The van der Waals surface area contributed by atoms with Crippen LogP contribution in [0.3, 0.4) is 0 Å². The summed E-state index contributed by atoms with van der Waals surface area (Å²) in [6.45, 7) is 0. The minimum Gasteiger partial charge on any atom is 0.316 e. The molecule has 0 unspecified atom stereocenters. The van der Waals surface area contributed by atoms with Gasteiger partial charge in [-0.15, -0.1) is 0 Å². The third kappa shape index (κ3) is 8.87. The van der Waals surface area contributed by atoms with Crippen LogP contribution in [0.2, 0.25) is 0 Å². The first kappa shape index (κ1) is 9.53. The van der Waals surface area contributed by atoms with E-state index in [4.69, 9.17) is 0 Å². The van der Waals surface area contributed by atoms with Gasteiger partial charge in [0.2, 0.25) is 0 Å². The van der Waals surface area contributed by atoms with Gasteiger partial charge in [0.05, 0.1) is 0 Å². The van der Waals surface area contributed by atoms with Crippen molar-refractivity contribution in [3.63, 3.8) is 0 Å². The normalized spacial score (nSPS) is 7.75. The van der Waals surface area contributed by atoms with Crippen LogP contribution >= 0.6 is 0 Å². The van der Waals surface area contributed by atoms with Crippen molar-refractivity contribution in [2.24, 2.45) is 0 Å². The molecule has 0 fully saturated rings. The molecule has 0 radical (unpaired) electrons. The molecular weight excluding hydrogens is 305 g/mol. The van der Waals surface area contributed by atoms with Crippen LogP contribution in [0.25, 0.3) is 0 Å². The van der Waals surface area contributed by atoms with E-state index in [0.717, 1.165) is 0 Å². The molecule has 0 nitrogen and oxygen atoms in total. The van der Waals surface area contributed by atoms with Crippen LogP contribution in [0.4, 0.5) is 0 Å². The van der Waals surface area contributed by atoms with Gasteiger partial charge < -0.3 is 0 Å². The maximum absolute atomic E-state index is 3.60. The molecule has 0 heterocycles. The van der Waals surface area contributed by atoms with Crippen molar-refractivity contribution in [2.45, 2.75) is 0 Å². The fraction of sp³-hybridized carbons (Fsp3) is 0. The van der Waals surface area contributed by atoms with Crippen molar-refractivity contribution < 1.29 is 35.7 Å². The summed E-state index contributed by atoms with van der Waals surface area (Å²) in [4.78, 5) is 0. The molecule has 0 spiro atoms. The van der Waals surface area contributed by atoms with E-state index in [1.54, 1.807) is 0 Å². The minimum atomic E-state index is 0. The van der Waals surface area contributed by atoms with E-state index in [9.17, 15) is 0 Å². The van der Waals surface area contributed by atoms with Gasteiger partial charge in [-0.25, -0.2) is 0 Å². The molecule has 4 heavy (non-hydrogen) atoms. The predicted octanol–water partition coefficient (Wildman–Crippen LogP) is -1.84. The molecule has 0 bridgehead atoms. The van der Waals surface area contributed by atoms with Crippen molar-refractivity contribution in [3.8, 4) is 0 Å². The summed E-state index contributed by atoms with van der Waals surface area (Å²) in [6.07, 6.45) is 0. The zero-order chi connectivity index (χ0) is 2.71. The Morgan fingerprint density at radius 1 is 1.75 bits per heavy atom. The Morgan fingerprint density at radius 2 is 1.75 bits per heavy atom. The second-order valence-corrected chi connectivity index (χ2v) is 7.63. The van der Waals surface area contributed by atoms with E-state index in [-0.39, 0.29) is 28.9 Å². The SMILES string of the molecule is [Fe][SiH2][Au].[MgH2]. The van der Waals surface area contributed by atoms with Crippen molar-refractivity contribution in [2.75, 3.05) is 0 Å². The van der Waals surface area contributed by atoms with Gasteiger partial charge in [0.15, 0.2) is 0 Å². The maximum atomic E-state index is 3.60. The summed E-state index contributed by atoms with van der Waals surface area (Å²) in [5.74, 6) is 0.111. The Balaban J connectivity index is 0. The molecule has 0 saturated carbocycles. The van der Waals surface area contributed by atoms with Crippen molar-refractivity contribution in [1.29, 1.82) is 0 Å². The average molecular weight is 309 g/mol. The van der Waals surface area contributed by atoms with Gasteiger partial charge in [-0.05, 0) is 0 Å². The van der Waals surface area contributed by atoms with E-state index in [1.165, 1.54) is 0 Å². The molecule has 0 aliphatic rings. The van der Waals surface area contributed by atoms with Gasteiger partial charge in [0.25, 0.3) is 0 Å². The first-order valence-electron chi connectivity index (χ1n) is 0.463. The van der Waals surface area contributed by atoms with Gasteiger partial charge in [0, 0.05) is 0 Å². The molecule has 0 aromatic rings. The van der Waals surface area contributed by atoms with Crippen LogP contribution < -0.4 is 0 Å². The van der Waals surface area contributed by atoms with Gasteiger partial charge >= 0.3 is 64.6 Å². The minimum absolute atomic E-state index is 0. The molecule has 0 aliphatic heterocycles. The summed E-state index contributed by atoms with van der Waals surface area (Å²) in [7, 11) is 0. The van der Waals surface area contributed by atoms with Crippen molar-refractivity contribution >= 4 is 28.9 Å². The van der Waals surface area contributed by atoms with Gasteiger partial charge in [0.1, 0.15) is 0 Å². The predicted molar refractivity (Wildman–Crippen MR) is 17.1 cm³/mol. The summed E-state index contributed by atoms with van der Waals surface area (Å²) in [5.41, 5.74) is 0. The Hall–Kier alpha value is 2.24.